The second-order valence-corrected chi connectivity index (χ2v) is 7.87. The Morgan fingerprint density at radius 1 is 1.13 bits per heavy atom. The second-order valence-electron chi connectivity index (χ2n) is 6.91. The Hall–Kier alpha value is -3.13. The lowest BCUT2D eigenvalue weighted by atomic mass is 10.1. The monoisotopic (exact) mass is 438 g/mol. The molecule has 0 spiro atoms. The normalized spacial score (nSPS) is 11.1. The maximum absolute atomic E-state index is 12.5. The number of H-pyrrole nitrogens is 1. The molecule has 0 saturated heterocycles. The molecule has 0 atom stereocenters. The van der Waals surface area contributed by atoms with E-state index in [1.165, 1.54) is 18.2 Å². The van der Waals surface area contributed by atoms with E-state index in [1.807, 2.05) is 30.3 Å². The average molecular weight is 439 g/mol. The van der Waals surface area contributed by atoms with Gasteiger partial charge in [-0.05, 0) is 30.7 Å². The predicted octanol–water partition coefficient (Wildman–Crippen LogP) is 4.60. The first-order chi connectivity index (χ1) is 15.2. The lowest BCUT2D eigenvalue weighted by molar-refractivity contribution is -0.118. The van der Waals surface area contributed by atoms with Crippen molar-refractivity contribution in [1.29, 1.82) is 0 Å². The van der Waals surface area contributed by atoms with Crippen molar-refractivity contribution >= 4 is 40.7 Å². The van der Waals surface area contributed by atoms with Crippen LogP contribution in [0.15, 0.2) is 58.8 Å². The Labute approximate surface area is 185 Å². The molecule has 1 amide bonds. The highest BCUT2D eigenvalue weighted by atomic mass is 32.2. The van der Waals surface area contributed by atoms with Crippen LogP contribution in [0.3, 0.4) is 0 Å². The number of carbonyl (C=O) groups excluding carboxylic acids is 2. The van der Waals surface area contributed by atoms with Crippen LogP contribution in [0, 0.1) is 0 Å². The number of nitrogens with one attached hydrogen (secondary N) is 2. The number of ether oxygens (including phenoxy) is 1. The lowest BCUT2D eigenvalue weighted by Crippen LogP contribution is -2.20. The summed E-state index contributed by atoms with van der Waals surface area (Å²) in [6.07, 6.45) is 5.48. The molecular formula is C23H26N4O3S. The van der Waals surface area contributed by atoms with Crippen LogP contribution in [0.5, 0.6) is 5.75 Å². The van der Waals surface area contributed by atoms with Crippen LogP contribution >= 0.6 is 11.8 Å². The number of ketones is 1. The van der Waals surface area contributed by atoms with Crippen molar-refractivity contribution in [3.63, 3.8) is 0 Å². The SMILES string of the molecule is CCCCCCOc1ccccc1C(=O)/C=N\NC(=O)CSc1nc2ccccc2[nH]1. The highest BCUT2D eigenvalue weighted by Crippen LogP contribution is 2.19. The van der Waals surface area contributed by atoms with E-state index in [0.717, 1.165) is 36.5 Å². The molecule has 31 heavy (non-hydrogen) atoms. The minimum Gasteiger partial charge on any atom is -0.493 e. The Morgan fingerprint density at radius 2 is 1.94 bits per heavy atom. The first-order valence-corrected chi connectivity index (χ1v) is 11.3. The highest BCUT2D eigenvalue weighted by Gasteiger charge is 2.11. The summed E-state index contributed by atoms with van der Waals surface area (Å²) in [4.78, 5) is 32.0. The molecule has 0 saturated carbocycles. The summed E-state index contributed by atoms with van der Waals surface area (Å²) in [5.74, 6) is 0.00888. The van der Waals surface area contributed by atoms with E-state index >= 15 is 0 Å². The molecule has 1 heterocycles. The van der Waals surface area contributed by atoms with E-state index in [9.17, 15) is 9.59 Å². The number of hydrogen-bond donors (Lipinski definition) is 2. The number of nitrogens with zero attached hydrogens (tertiary/aromatic N) is 2. The molecular weight excluding hydrogens is 412 g/mol. The van der Waals surface area contributed by atoms with Crippen molar-refractivity contribution in [2.75, 3.05) is 12.4 Å². The Kier molecular flexibility index (Phi) is 8.66. The van der Waals surface area contributed by atoms with Gasteiger partial charge in [-0.1, -0.05) is 62.2 Å². The molecule has 0 radical (unpaired) electrons. The number of aromatic amines is 1. The molecule has 3 aromatic rings. The number of fused-ring (bicyclic) bond motifs is 1. The molecule has 7 nitrogen and oxygen atoms in total. The van der Waals surface area contributed by atoms with Crippen LogP contribution in [0.4, 0.5) is 0 Å². The molecule has 0 aliphatic rings. The zero-order valence-corrected chi connectivity index (χ0v) is 18.3. The standard InChI is InChI=1S/C23H26N4O3S/c1-2-3-4-9-14-30-21-13-8-5-10-17(21)20(28)15-24-27-22(29)16-31-23-25-18-11-6-7-12-19(18)26-23/h5-8,10-13,15H,2-4,9,14,16H2,1H3,(H,25,26)(H,27,29)/b24-15-. The van der Waals surface area contributed by atoms with Crippen LogP contribution in [-0.2, 0) is 4.79 Å². The largest absolute Gasteiger partial charge is 0.493 e. The van der Waals surface area contributed by atoms with Crippen molar-refractivity contribution < 1.29 is 14.3 Å². The third-order valence-corrected chi connectivity index (χ3v) is 5.36. The zero-order chi connectivity index (χ0) is 21.9. The number of aromatic nitrogens is 2. The maximum atomic E-state index is 12.5. The van der Waals surface area contributed by atoms with Gasteiger partial charge in [-0.2, -0.15) is 5.10 Å². The minimum absolute atomic E-state index is 0.128. The number of unbranched alkanes of at least 4 members (excludes halogenated alkanes) is 3. The first-order valence-electron chi connectivity index (χ1n) is 10.3. The summed E-state index contributed by atoms with van der Waals surface area (Å²) in [6.45, 7) is 2.72. The van der Waals surface area contributed by atoms with Gasteiger partial charge in [0.15, 0.2) is 5.16 Å². The van der Waals surface area contributed by atoms with Crippen LogP contribution in [0.1, 0.15) is 43.0 Å². The van der Waals surface area contributed by atoms with E-state index in [1.54, 1.807) is 18.2 Å². The molecule has 0 bridgehead atoms. The van der Waals surface area contributed by atoms with E-state index < -0.39 is 0 Å². The van der Waals surface area contributed by atoms with Crippen LogP contribution < -0.4 is 10.2 Å². The fourth-order valence-electron chi connectivity index (χ4n) is 2.90. The summed E-state index contributed by atoms with van der Waals surface area (Å²) in [7, 11) is 0. The second kappa shape index (κ2) is 11.9. The Morgan fingerprint density at radius 3 is 2.77 bits per heavy atom. The van der Waals surface area contributed by atoms with Crippen LogP contribution in [-0.4, -0.2) is 40.2 Å². The fraction of sp³-hybridized carbons (Fsp3) is 0.304. The minimum atomic E-state index is -0.325. The van der Waals surface area contributed by atoms with Gasteiger partial charge >= 0.3 is 0 Å². The number of hydrazone groups is 1. The molecule has 3 rings (SSSR count). The molecule has 0 fully saturated rings. The third-order valence-electron chi connectivity index (χ3n) is 4.49. The molecule has 8 heteroatoms. The molecule has 2 aromatic carbocycles. The fourth-order valence-corrected chi connectivity index (χ4v) is 3.58. The molecule has 2 N–H and O–H groups in total. The van der Waals surface area contributed by atoms with Gasteiger partial charge in [0.25, 0.3) is 5.91 Å². The molecule has 0 unspecified atom stereocenters. The summed E-state index contributed by atoms with van der Waals surface area (Å²) < 4.78 is 5.76. The quantitative estimate of drug-likeness (QED) is 0.142. The van der Waals surface area contributed by atoms with Crippen LogP contribution in [0.25, 0.3) is 11.0 Å². The Balaban J connectivity index is 1.46. The van der Waals surface area contributed by atoms with Gasteiger partial charge < -0.3 is 9.72 Å². The number of thioether (sulfide) groups is 1. The first kappa shape index (κ1) is 22.6. The number of amides is 1. The molecule has 1 aromatic heterocycles. The smallest absolute Gasteiger partial charge is 0.250 e. The van der Waals surface area contributed by atoms with Gasteiger partial charge in [-0.3, -0.25) is 9.59 Å². The lowest BCUT2D eigenvalue weighted by Gasteiger charge is -2.09. The maximum Gasteiger partial charge on any atom is 0.250 e. The van der Waals surface area contributed by atoms with Crippen LogP contribution in [0.2, 0.25) is 0 Å². The predicted molar refractivity (Wildman–Crippen MR) is 124 cm³/mol. The molecule has 0 aliphatic carbocycles. The molecule has 162 valence electrons. The number of para-hydroxylation sites is 3. The number of hydrogen-bond acceptors (Lipinski definition) is 6. The zero-order valence-electron chi connectivity index (χ0n) is 17.5. The van der Waals surface area contributed by atoms with Crippen molar-refractivity contribution in [3.05, 3.63) is 54.1 Å². The van der Waals surface area contributed by atoms with E-state index in [4.69, 9.17) is 4.74 Å². The summed E-state index contributed by atoms with van der Waals surface area (Å²) in [5.41, 5.74) is 4.57. The van der Waals surface area contributed by atoms with Crippen molar-refractivity contribution in [3.8, 4) is 5.75 Å². The van der Waals surface area contributed by atoms with E-state index in [0.29, 0.717) is 23.1 Å². The van der Waals surface area contributed by atoms with Gasteiger partial charge in [0.05, 0.1) is 35.2 Å². The number of imidazole rings is 1. The number of Topliss-reactive ketones (excluding diaryl/α,β-unsaturated/α-hetero) is 1. The third kappa shape index (κ3) is 6.96. The molecule has 0 aliphatic heterocycles. The van der Waals surface area contributed by atoms with Gasteiger partial charge in [0.1, 0.15) is 5.75 Å². The van der Waals surface area contributed by atoms with Gasteiger partial charge in [0, 0.05) is 0 Å². The van der Waals surface area contributed by atoms with Crippen molar-refractivity contribution in [2.45, 2.75) is 37.8 Å². The van der Waals surface area contributed by atoms with Crippen molar-refractivity contribution in [1.82, 2.24) is 15.4 Å². The van der Waals surface area contributed by atoms with E-state index in [-0.39, 0.29) is 17.4 Å². The topological polar surface area (TPSA) is 96.4 Å². The van der Waals surface area contributed by atoms with Gasteiger partial charge in [-0.25, -0.2) is 10.4 Å². The number of rotatable bonds is 12. The summed E-state index contributed by atoms with van der Waals surface area (Å²) >= 11 is 1.27. The average Bonchev–Trinajstić information content (AvgIpc) is 3.21. The number of benzene rings is 2. The Bertz CT molecular complexity index is 1010. The van der Waals surface area contributed by atoms with E-state index in [2.05, 4.69) is 27.4 Å². The summed E-state index contributed by atoms with van der Waals surface area (Å²) in [5, 5.41) is 4.45. The van der Waals surface area contributed by atoms with Gasteiger partial charge in [-0.15, -0.1) is 0 Å². The highest BCUT2D eigenvalue weighted by molar-refractivity contribution is 7.99. The number of carbonyl (C=O) groups is 2. The van der Waals surface area contributed by atoms with Crippen molar-refractivity contribution in [2.24, 2.45) is 5.10 Å². The van der Waals surface area contributed by atoms with Gasteiger partial charge in [0.2, 0.25) is 5.78 Å². The summed E-state index contributed by atoms with van der Waals surface area (Å²) in [6, 6.07) is 14.7.